The van der Waals surface area contributed by atoms with Crippen LogP contribution in [0.15, 0.2) is 35.2 Å². The Labute approximate surface area is 267 Å². The number of fused-ring (bicyclic) bond motifs is 3. The molecule has 0 bridgehead atoms. The van der Waals surface area contributed by atoms with Gasteiger partial charge in [0.1, 0.15) is 24.3 Å². The molecule has 6 heterocycles. The SMILES string of the molecule is Cc1cc(C(F)(F)[C@@H]2COCCO2)cc(N2CCN(S(=O)(=O)c3ccc4c(c3)OCC3C(NC5CCNCC5)CC(=O)N43)CC2)n1. The minimum Gasteiger partial charge on any atom is -0.489 e. The molecule has 1 aromatic heterocycles. The number of carbonyl (C=O) groups excluding carboxylic acids is 1. The summed E-state index contributed by atoms with van der Waals surface area (Å²) in [4.78, 5) is 21.2. The number of anilines is 2. The number of piperazine rings is 1. The van der Waals surface area contributed by atoms with E-state index in [0.717, 1.165) is 25.9 Å². The van der Waals surface area contributed by atoms with Crippen LogP contribution in [0.1, 0.15) is 30.5 Å². The second kappa shape index (κ2) is 12.6. The molecule has 2 unspecified atom stereocenters. The molecule has 250 valence electrons. The molecular formula is C31H40F2N6O6S. The Hall–Kier alpha value is -2.95. The van der Waals surface area contributed by atoms with Gasteiger partial charge in [-0.2, -0.15) is 13.1 Å². The molecular weight excluding hydrogens is 622 g/mol. The van der Waals surface area contributed by atoms with E-state index in [-0.39, 0.29) is 81.1 Å². The summed E-state index contributed by atoms with van der Waals surface area (Å²) in [6.07, 6.45) is 1.01. The van der Waals surface area contributed by atoms with Crippen molar-refractivity contribution in [2.45, 2.75) is 61.2 Å². The summed E-state index contributed by atoms with van der Waals surface area (Å²) < 4.78 is 76.0. The first kappa shape index (κ1) is 31.6. The minimum atomic E-state index is -3.89. The fourth-order valence-corrected chi connectivity index (χ4v) is 8.53. The van der Waals surface area contributed by atoms with Crippen molar-refractivity contribution in [3.63, 3.8) is 0 Å². The number of alkyl halides is 2. The monoisotopic (exact) mass is 662 g/mol. The number of aromatic nitrogens is 1. The van der Waals surface area contributed by atoms with E-state index in [1.54, 1.807) is 17.9 Å². The number of rotatable bonds is 7. The van der Waals surface area contributed by atoms with E-state index in [0.29, 0.717) is 35.4 Å². The Kier molecular flexibility index (Phi) is 8.65. The molecule has 4 fully saturated rings. The van der Waals surface area contributed by atoms with Gasteiger partial charge >= 0.3 is 5.92 Å². The van der Waals surface area contributed by atoms with Crippen molar-refractivity contribution >= 4 is 27.4 Å². The lowest BCUT2D eigenvalue weighted by atomic mass is 10.0. The molecule has 2 N–H and O–H groups in total. The molecule has 0 aliphatic carbocycles. The third-order valence-corrected chi connectivity index (χ3v) is 11.5. The fourth-order valence-electron chi connectivity index (χ4n) is 7.09. The van der Waals surface area contributed by atoms with Crippen LogP contribution in [0.2, 0.25) is 0 Å². The number of hydrogen-bond donors (Lipinski definition) is 2. The summed E-state index contributed by atoms with van der Waals surface area (Å²) in [6.45, 7) is 4.90. The van der Waals surface area contributed by atoms with E-state index in [2.05, 4.69) is 15.6 Å². The van der Waals surface area contributed by atoms with Crippen molar-refractivity contribution < 1.29 is 36.2 Å². The van der Waals surface area contributed by atoms with Gasteiger partial charge in [-0.1, -0.05) is 0 Å². The molecule has 1 aromatic carbocycles. The zero-order valence-corrected chi connectivity index (χ0v) is 26.6. The predicted octanol–water partition coefficient (Wildman–Crippen LogP) is 1.62. The topological polar surface area (TPSA) is 126 Å². The van der Waals surface area contributed by atoms with Gasteiger partial charge in [-0.3, -0.25) is 4.79 Å². The molecule has 7 rings (SSSR count). The highest BCUT2D eigenvalue weighted by molar-refractivity contribution is 7.89. The Morgan fingerprint density at radius 3 is 2.57 bits per heavy atom. The van der Waals surface area contributed by atoms with Crippen LogP contribution in [-0.2, 0) is 30.2 Å². The van der Waals surface area contributed by atoms with E-state index in [1.807, 2.05) is 4.90 Å². The van der Waals surface area contributed by atoms with Gasteiger partial charge in [-0.15, -0.1) is 0 Å². The zero-order chi connectivity index (χ0) is 32.1. The Morgan fingerprint density at radius 2 is 1.83 bits per heavy atom. The number of aryl methyl sites for hydroxylation is 1. The van der Waals surface area contributed by atoms with E-state index >= 15 is 8.78 Å². The van der Waals surface area contributed by atoms with Crippen molar-refractivity contribution in [1.29, 1.82) is 0 Å². The standard InChI is InChI=1S/C31H40F2N6O6S/c1-20-14-21(31(32,33)28-19-43-12-13-44-28)15-29(35-20)37-8-10-38(11-9-37)46(41,42)23-2-3-25-27(16-23)45-18-26-24(17-30(40)39(25)26)36-22-4-6-34-7-5-22/h2-3,14-16,22,24,26,28,34,36H,4-13,17-19H2,1H3/t24?,26?,28-/m0/s1. The van der Waals surface area contributed by atoms with Crippen LogP contribution < -0.4 is 25.2 Å². The van der Waals surface area contributed by atoms with Crippen molar-refractivity contribution in [3.05, 3.63) is 41.6 Å². The summed E-state index contributed by atoms with van der Waals surface area (Å²) in [5, 5.41) is 7.01. The highest BCUT2D eigenvalue weighted by Crippen LogP contribution is 2.41. The summed E-state index contributed by atoms with van der Waals surface area (Å²) in [5.74, 6) is -2.54. The van der Waals surface area contributed by atoms with Crippen molar-refractivity contribution in [2.75, 3.05) is 75.5 Å². The molecule has 2 aromatic rings. The second-order valence-corrected chi connectivity index (χ2v) is 14.5. The maximum atomic E-state index is 15.3. The number of amides is 1. The van der Waals surface area contributed by atoms with Gasteiger partial charge in [0.15, 0.2) is 0 Å². The van der Waals surface area contributed by atoms with Crippen LogP contribution in [0.4, 0.5) is 20.3 Å². The molecule has 5 aliphatic heterocycles. The van der Waals surface area contributed by atoms with Gasteiger partial charge in [0.2, 0.25) is 15.9 Å². The van der Waals surface area contributed by atoms with Crippen LogP contribution in [-0.4, -0.2) is 114 Å². The number of benzene rings is 1. The molecule has 46 heavy (non-hydrogen) atoms. The fraction of sp³-hybridized carbons (Fsp3) is 0.613. The van der Waals surface area contributed by atoms with Gasteiger partial charge in [-0.25, -0.2) is 13.4 Å². The number of pyridine rings is 1. The molecule has 5 aliphatic rings. The lowest BCUT2D eigenvalue weighted by molar-refractivity contribution is -0.199. The maximum absolute atomic E-state index is 15.3. The molecule has 0 radical (unpaired) electrons. The zero-order valence-electron chi connectivity index (χ0n) is 25.8. The smallest absolute Gasteiger partial charge is 0.301 e. The number of nitrogens with one attached hydrogen (secondary N) is 2. The summed E-state index contributed by atoms with van der Waals surface area (Å²) in [6, 6.07) is 7.58. The van der Waals surface area contributed by atoms with E-state index in [1.165, 1.54) is 28.6 Å². The molecule has 12 nitrogen and oxygen atoms in total. The first-order chi connectivity index (χ1) is 22.1. The highest BCUT2D eigenvalue weighted by atomic mass is 32.2. The quantitative estimate of drug-likeness (QED) is 0.452. The van der Waals surface area contributed by atoms with Crippen LogP contribution in [0, 0.1) is 6.92 Å². The number of hydrogen-bond acceptors (Lipinski definition) is 10. The number of carbonyl (C=O) groups is 1. The lowest BCUT2D eigenvalue weighted by Gasteiger charge is -2.37. The third-order valence-electron chi connectivity index (χ3n) is 9.59. The molecule has 0 saturated carbocycles. The summed E-state index contributed by atoms with van der Waals surface area (Å²) in [5.41, 5.74) is 0.810. The van der Waals surface area contributed by atoms with Gasteiger partial charge in [0, 0.05) is 62.0 Å². The predicted molar refractivity (Wildman–Crippen MR) is 165 cm³/mol. The lowest BCUT2D eigenvalue weighted by Crippen LogP contribution is -2.53. The number of nitrogens with zero attached hydrogens (tertiary/aromatic N) is 4. The Morgan fingerprint density at radius 1 is 1.04 bits per heavy atom. The van der Waals surface area contributed by atoms with Crippen molar-refractivity contribution in [2.24, 2.45) is 0 Å². The Bertz CT molecular complexity index is 1560. The van der Waals surface area contributed by atoms with Gasteiger partial charge in [-0.05, 0) is 57.1 Å². The number of ether oxygens (including phenoxy) is 3. The van der Waals surface area contributed by atoms with E-state index in [4.69, 9.17) is 14.2 Å². The van der Waals surface area contributed by atoms with Crippen LogP contribution in [0.25, 0.3) is 0 Å². The number of piperidine rings is 1. The molecule has 15 heteroatoms. The van der Waals surface area contributed by atoms with Crippen molar-refractivity contribution in [1.82, 2.24) is 19.9 Å². The molecule has 0 spiro atoms. The van der Waals surface area contributed by atoms with E-state index in [9.17, 15) is 13.2 Å². The molecule has 4 saturated heterocycles. The van der Waals surface area contributed by atoms with Gasteiger partial charge in [0.25, 0.3) is 0 Å². The normalized spacial score (nSPS) is 26.5. The van der Waals surface area contributed by atoms with Crippen LogP contribution >= 0.6 is 0 Å². The Balaban J connectivity index is 1.02. The summed E-state index contributed by atoms with van der Waals surface area (Å²) in [7, 11) is -3.89. The maximum Gasteiger partial charge on any atom is 0.301 e. The van der Waals surface area contributed by atoms with Crippen molar-refractivity contribution in [3.8, 4) is 5.75 Å². The third kappa shape index (κ3) is 5.97. The highest BCUT2D eigenvalue weighted by Gasteiger charge is 2.46. The number of halogens is 2. The van der Waals surface area contributed by atoms with Gasteiger partial charge < -0.3 is 34.6 Å². The average molecular weight is 663 g/mol. The first-order valence-electron chi connectivity index (χ1n) is 16.0. The van der Waals surface area contributed by atoms with Gasteiger partial charge in [0.05, 0.1) is 36.4 Å². The van der Waals surface area contributed by atoms with E-state index < -0.39 is 22.0 Å². The second-order valence-electron chi connectivity index (χ2n) is 12.6. The number of sulfonamides is 1. The first-order valence-corrected chi connectivity index (χ1v) is 17.4. The average Bonchev–Trinajstić information content (AvgIpc) is 3.39. The summed E-state index contributed by atoms with van der Waals surface area (Å²) >= 11 is 0. The van der Waals surface area contributed by atoms with Crippen LogP contribution in [0.3, 0.4) is 0 Å². The molecule has 3 atom stereocenters. The van der Waals surface area contributed by atoms with Crippen LogP contribution in [0.5, 0.6) is 5.75 Å². The minimum absolute atomic E-state index is 0.00186. The largest absolute Gasteiger partial charge is 0.489 e. The molecule has 1 amide bonds.